The average molecular weight is 374 g/mol. The van der Waals surface area contributed by atoms with Crippen LogP contribution in [0.1, 0.15) is 0 Å². The molecule has 6 nitrogen and oxygen atoms in total. The average Bonchev–Trinajstić information content (AvgIpc) is 3.17. The van der Waals surface area contributed by atoms with Gasteiger partial charge in [0.05, 0.1) is 16.4 Å². The van der Waals surface area contributed by atoms with Gasteiger partial charge in [-0.2, -0.15) is 0 Å². The normalized spacial score (nSPS) is 11.3. The maximum absolute atomic E-state index is 12.3. The lowest BCUT2D eigenvalue weighted by molar-refractivity contribution is 1.17. The van der Waals surface area contributed by atoms with Crippen LogP contribution >= 0.6 is 11.6 Å². The highest BCUT2D eigenvalue weighted by atomic mass is 35.5. The Kier molecular flexibility index (Phi) is 3.51. The molecule has 0 fully saturated rings. The van der Waals surface area contributed by atoms with Gasteiger partial charge in [0.25, 0.3) is 0 Å². The fraction of sp³-hybridized carbons (Fsp3) is 0. The van der Waals surface area contributed by atoms with Gasteiger partial charge in [0.15, 0.2) is 16.8 Å². The van der Waals surface area contributed by atoms with Crippen molar-refractivity contribution in [2.24, 2.45) is 0 Å². The Morgan fingerprint density at radius 1 is 1.00 bits per heavy atom. The van der Waals surface area contributed by atoms with E-state index in [0.29, 0.717) is 27.7 Å². The molecule has 0 atom stereocenters. The predicted octanol–water partition coefficient (Wildman–Crippen LogP) is 3.95. The van der Waals surface area contributed by atoms with E-state index in [9.17, 15) is 4.79 Å². The Hall–Kier alpha value is -3.51. The van der Waals surface area contributed by atoms with Gasteiger partial charge in [-0.3, -0.25) is 4.79 Å². The van der Waals surface area contributed by atoms with Gasteiger partial charge >= 0.3 is 0 Å². The smallest absolute Gasteiger partial charge is 0.209 e. The number of fused-ring (bicyclic) bond motifs is 2. The molecule has 4 heterocycles. The highest BCUT2D eigenvalue weighted by Crippen LogP contribution is 2.32. The summed E-state index contributed by atoms with van der Waals surface area (Å²) in [6, 6.07) is 13.0. The molecule has 130 valence electrons. The van der Waals surface area contributed by atoms with Crippen LogP contribution < -0.4 is 5.43 Å². The Labute approximate surface area is 158 Å². The molecule has 0 aliphatic heterocycles. The first-order valence-electron chi connectivity index (χ1n) is 8.28. The number of hydrogen-bond acceptors (Lipinski definition) is 4. The third kappa shape index (κ3) is 2.58. The second-order valence-corrected chi connectivity index (χ2v) is 6.47. The summed E-state index contributed by atoms with van der Waals surface area (Å²) in [5.74, 6) is 0. The molecule has 0 saturated heterocycles. The summed E-state index contributed by atoms with van der Waals surface area (Å²) in [6.07, 6.45) is 6.95. The Bertz CT molecular complexity index is 1360. The maximum atomic E-state index is 12.3. The minimum Gasteiger partial charge on any atom is -0.345 e. The van der Waals surface area contributed by atoms with Crippen LogP contribution in [0.5, 0.6) is 0 Å². The number of benzene rings is 1. The molecule has 1 N–H and O–H groups in total. The van der Waals surface area contributed by atoms with Gasteiger partial charge in [0.1, 0.15) is 0 Å². The first-order chi connectivity index (χ1) is 13.2. The van der Waals surface area contributed by atoms with E-state index in [2.05, 4.69) is 15.0 Å². The molecule has 0 radical (unpaired) electrons. The first kappa shape index (κ1) is 15.7. The molecule has 0 unspecified atom stereocenters. The van der Waals surface area contributed by atoms with E-state index < -0.39 is 0 Å². The standard InChI is InChI=1S/C20H12ClN5O/c21-14-10-13(11-26-9-8-23-20(14)26)17-16(12-4-2-1-3-5-12)25-19-18(24-17)15(27)6-7-22-19/h1-11H,(H,22,25,27). The third-order valence-electron chi connectivity index (χ3n) is 4.35. The molecule has 0 aliphatic rings. The van der Waals surface area contributed by atoms with Gasteiger partial charge < -0.3 is 9.38 Å². The molecule has 0 amide bonds. The second-order valence-electron chi connectivity index (χ2n) is 6.06. The monoisotopic (exact) mass is 373 g/mol. The van der Waals surface area contributed by atoms with Gasteiger partial charge in [-0.05, 0) is 6.07 Å². The molecule has 0 saturated carbocycles. The fourth-order valence-corrected chi connectivity index (χ4v) is 3.37. The molecule has 5 aromatic rings. The van der Waals surface area contributed by atoms with Crippen LogP contribution in [0.2, 0.25) is 5.02 Å². The number of nitrogens with zero attached hydrogens (tertiary/aromatic N) is 4. The molecular weight excluding hydrogens is 362 g/mol. The van der Waals surface area contributed by atoms with Crippen molar-refractivity contribution in [1.29, 1.82) is 0 Å². The SMILES string of the molecule is O=c1cc[nH]c2nc(-c3ccccc3)c(-c3cc(Cl)c4nccn4c3)nc12. The summed E-state index contributed by atoms with van der Waals surface area (Å²) in [7, 11) is 0. The topological polar surface area (TPSA) is 75.9 Å². The van der Waals surface area contributed by atoms with Gasteiger partial charge in [-0.1, -0.05) is 41.9 Å². The number of imidazole rings is 1. The van der Waals surface area contributed by atoms with E-state index in [1.165, 1.54) is 6.07 Å². The molecule has 5 rings (SSSR count). The number of H-pyrrole nitrogens is 1. The van der Waals surface area contributed by atoms with Crippen molar-refractivity contribution in [3.05, 3.63) is 82.5 Å². The largest absolute Gasteiger partial charge is 0.345 e. The van der Waals surface area contributed by atoms with Crippen molar-refractivity contribution in [3.8, 4) is 22.5 Å². The molecule has 7 heteroatoms. The number of halogens is 1. The summed E-state index contributed by atoms with van der Waals surface area (Å²) in [5, 5.41) is 0.500. The van der Waals surface area contributed by atoms with Gasteiger partial charge in [0.2, 0.25) is 5.43 Å². The summed E-state index contributed by atoms with van der Waals surface area (Å²) >= 11 is 6.40. The molecular formula is C20H12ClN5O. The molecule has 0 bridgehead atoms. The van der Waals surface area contributed by atoms with Crippen LogP contribution in [0.3, 0.4) is 0 Å². The van der Waals surface area contributed by atoms with E-state index in [-0.39, 0.29) is 10.9 Å². The van der Waals surface area contributed by atoms with Crippen molar-refractivity contribution >= 4 is 28.4 Å². The number of aromatic nitrogens is 5. The van der Waals surface area contributed by atoms with Crippen molar-refractivity contribution in [2.45, 2.75) is 0 Å². The number of pyridine rings is 2. The zero-order valence-corrected chi connectivity index (χ0v) is 14.7. The van der Waals surface area contributed by atoms with Crippen molar-refractivity contribution in [1.82, 2.24) is 24.3 Å². The Morgan fingerprint density at radius 2 is 1.81 bits per heavy atom. The number of rotatable bonds is 2. The fourth-order valence-electron chi connectivity index (χ4n) is 3.10. The van der Waals surface area contributed by atoms with Crippen LogP contribution in [-0.2, 0) is 0 Å². The predicted molar refractivity (Wildman–Crippen MR) is 105 cm³/mol. The number of hydrogen-bond donors (Lipinski definition) is 1. The van der Waals surface area contributed by atoms with E-state index in [4.69, 9.17) is 16.6 Å². The molecule has 1 aromatic carbocycles. The van der Waals surface area contributed by atoms with E-state index in [1.54, 1.807) is 18.5 Å². The molecule has 0 spiro atoms. The van der Waals surface area contributed by atoms with Crippen LogP contribution in [-0.4, -0.2) is 24.3 Å². The lowest BCUT2D eigenvalue weighted by Crippen LogP contribution is -2.07. The quantitative estimate of drug-likeness (QED) is 0.508. The zero-order valence-electron chi connectivity index (χ0n) is 13.9. The highest BCUT2D eigenvalue weighted by Gasteiger charge is 2.16. The van der Waals surface area contributed by atoms with Crippen molar-refractivity contribution < 1.29 is 0 Å². The maximum Gasteiger partial charge on any atom is 0.209 e. The van der Waals surface area contributed by atoms with Crippen LogP contribution in [0.15, 0.2) is 72.0 Å². The van der Waals surface area contributed by atoms with Gasteiger partial charge in [-0.15, -0.1) is 0 Å². The summed E-state index contributed by atoms with van der Waals surface area (Å²) < 4.78 is 1.83. The van der Waals surface area contributed by atoms with E-state index in [1.807, 2.05) is 47.1 Å². The highest BCUT2D eigenvalue weighted by molar-refractivity contribution is 6.33. The van der Waals surface area contributed by atoms with Crippen LogP contribution in [0, 0.1) is 0 Å². The minimum atomic E-state index is -0.188. The van der Waals surface area contributed by atoms with Gasteiger partial charge in [0, 0.05) is 42.0 Å². The molecule has 27 heavy (non-hydrogen) atoms. The lowest BCUT2D eigenvalue weighted by atomic mass is 10.1. The minimum absolute atomic E-state index is 0.188. The Balaban J connectivity index is 1.88. The number of aromatic amines is 1. The first-order valence-corrected chi connectivity index (χ1v) is 8.66. The van der Waals surface area contributed by atoms with Crippen molar-refractivity contribution in [2.75, 3.05) is 0 Å². The second kappa shape index (κ2) is 6.03. The summed E-state index contributed by atoms with van der Waals surface area (Å²) in [5.41, 5.74) is 4.10. The molecule has 0 aliphatic carbocycles. The number of nitrogens with one attached hydrogen (secondary N) is 1. The summed E-state index contributed by atoms with van der Waals surface area (Å²) in [6.45, 7) is 0. The lowest BCUT2D eigenvalue weighted by Gasteiger charge is -2.11. The van der Waals surface area contributed by atoms with Crippen LogP contribution in [0.4, 0.5) is 0 Å². The third-order valence-corrected chi connectivity index (χ3v) is 4.63. The zero-order chi connectivity index (χ0) is 18.4. The summed E-state index contributed by atoms with van der Waals surface area (Å²) in [4.78, 5) is 28.9. The van der Waals surface area contributed by atoms with E-state index >= 15 is 0 Å². The van der Waals surface area contributed by atoms with Crippen LogP contribution in [0.25, 0.3) is 39.3 Å². The Morgan fingerprint density at radius 3 is 2.67 bits per heavy atom. The van der Waals surface area contributed by atoms with E-state index in [0.717, 1.165) is 11.1 Å². The van der Waals surface area contributed by atoms with Gasteiger partial charge in [-0.25, -0.2) is 15.0 Å². The van der Waals surface area contributed by atoms with Crippen molar-refractivity contribution in [3.63, 3.8) is 0 Å². The molecule has 4 aromatic heterocycles.